The van der Waals surface area contributed by atoms with Gasteiger partial charge in [-0.3, -0.25) is 4.79 Å². The number of carbonyl (C=O) groups is 1. The number of hydrogen-bond donors (Lipinski definition) is 0. The molecule has 1 saturated carbocycles. The highest BCUT2D eigenvalue weighted by Gasteiger charge is 2.28. The normalized spacial score (nSPS) is 18.0. The van der Waals surface area contributed by atoms with Crippen LogP contribution in [0.25, 0.3) is 0 Å². The summed E-state index contributed by atoms with van der Waals surface area (Å²) in [4.78, 5) is 12.9. The smallest absolute Gasteiger partial charge is 0.243 e. The van der Waals surface area contributed by atoms with Crippen molar-refractivity contribution in [3.8, 4) is 5.75 Å². The summed E-state index contributed by atoms with van der Waals surface area (Å²) < 4.78 is 34.9. The Morgan fingerprint density at radius 1 is 1.07 bits per heavy atom. The largest absolute Gasteiger partial charge is 0.485 e. The third kappa shape index (κ3) is 4.12. The van der Waals surface area contributed by atoms with E-state index in [0.29, 0.717) is 30.4 Å². The predicted molar refractivity (Wildman–Crippen MR) is 111 cm³/mol. The number of ketones is 1. The van der Waals surface area contributed by atoms with E-state index in [1.54, 1.807) is 28.6 Å². The Kier molecular flexibility index (Phi) is 5.53. The molecule has 1 aromatic heterocycles. The fourth-order valence-corrected chi connectivity index (χ4v) is 5.66. The molecule has 0 bridgehead atoms. The summed E-state index contributed by atoms with van der Waals surface area (Å²) in [6.45, 7) is 5.11. The second-order valence-corrected chi connectivity index (χ2v) is 9.97. The highest BCUT2D eigenvalue weighted by atomic mass is 32.2. The van der Waals surface area contributed by atoms with Crippen molar-refractivity contribution >= 4 is 15.8 Å². The van der Waals surface area contributed by atoms with Crippen LogP contribution in [0.15, 0.2) is 35.2 Å². The molecule has 0 amide bonds. The lowest BCUT2D eigenvalue weighted by Crippen LogP contribution is -2.35. The van der Waals surface area contributed by atoms with Gasteiger partial charge in [0.25, 0.3) is 0 Å². The molecule has 0 unspecified atom stereocenters. The van der Waals surface area contributed by atoms with E-state index in [4.69, 9.17) is 4.74 Å². The standard InChI is InChI=1S/C22H28N2O4S/c1-16-14-21(17(2)24(16)18-6-7-18)22(25)15-28-19-8-10-20(11-9-19)29(26,27)23-12-4-3-5-13-23/h8-11,14,18H,3-7,12-13,15H2,1-2H3. The maximum absolute atomic E-state index is 12.7. The number of benzene rings is 1. The van der Waals surface area contributed by atoms with Gasteiger partial charge in [-0.1, -0.05) is 6.42 Å². The molecule has 0 atom stereocenters. The zero-order chi connectivity index (χ0) is 20.6. The number of sulfonamides is 1. The van der Waals surface area contributed by atoms with E-state index in [0.717, 1.165) is 30.7 Å². The molecule has 1 aliphatic heterocycles. The molecule has 7 heteroatoms. The van der Waals surface area contributed by atoms with Gasteiger partial charge in [-0.15, -0.1) is 0 Å². The molecule has 0 radical (unpaired) electrons. The summed E-state index contributed by atoms with van der Waals surface area (Å²) in [5.74, 6) is 0.432. The summed E-state index contributed by atoms with van der Waals surface area (Å²) in [6, 6.07) is 8.83. The molecule has 1 aliphatic carbocycles. The highest BCUT2D eigenvalue weighted by Crippen LogP contribution is 2.38. The van der Waals surface area contributed by atoms with Crippen LogP contribution in [0.3, 0.4) is 0 Å². The third-order valence-electron chi connectivity index (χ3n) is 5.84. The molecule has 2 aromatic rings. The van der Waals surface area contributed by atoms with E-state index < -0.39 is 10.0 Å². The highest BCUT2D eigenvalue weighted by molar-refractivity contribution is 7.89. The number of piperidine rings is 1. The zero-order valence-corrected chi connectivity index (χ0v) is 17.9. The third-order valence-corrected chi connectivity index (χ3v) is 7.76. The van der Waals surface area contributed by atoms with Gasteiger partial charge >= 0.3 is 0 Å². The van der Waals surface area contributed by atoms with Gasteiger partial charge in [0, 0.05) is 36.1 Å². The maximum Gasteiger partial charge on any atom is 0.243 e. The molecule has 2 heterocycles. The minimum Gasteiger partial charge on any atom is -0.485 e. The average molecular weight is 417 g/mol. The second kappa shape index (κ2) is 7.95. The molecule has 2 fully saturated rings. The summed E-state index contributed by atoms with van der Waals surface area (Å²) in [5, 5.41) is 0. The number of Topliss-reactive ketones (excluding diaryl/α,β-unsaturated/α-hetero) is 1. The van der Waals surface area contributed by atoms with Crippen LogP contribution in [0.1, 0.15) is 59.9 Å². The van der Waals surface area contributed by atoms with Crippen LogP contribution >= 0.6 is 0 Å². The van der Waals surface area contributed by atoms with Crippen molar-refractivity contribution in [3.05, 3.63) is 47.3 Å². The molecule has 29 heavy (non-hydrogen) atoms. The first-order valence-corrected chi connectivity index (χ1v) is 11.8. The van der Waals surface area contributed by atoms with Crippen molar-refractivity contribution in [1.29, 1.82) is 0 Å². The van der Waals surface area contributed by atoms with Gasteiger partial charge in [0.05, 0.1) is 4.90 Å². The number of aromatic nitrogens is 1. The van der Waals surface area contributed by atoms with Gasteiger partial charge in [-0.2, -0.15) is 4.31 Å². The summed E-state index contributed by atoms with van der Waals surface area (Å²) in [7, 11) is -3.45. The van der Waals surface area contributed by atoms with E-state index in [2.05, 4.69) is 4.57 Å². The number of nitrogens with zero attached hydrogens (tertiary/aromatic N) is 2. The lowest BCUT2D eigenvalue weighted by molar-refractivity contribution is 0.0920. The molecule has 0 spiro atoms. The molecular weight excluding hydrogens is 388 g/mol. The zero-order valence-electron chi connectivity index (χ0n) is 17.1. The molecular formula is C22H28N2O4S. The Labute approximate surface area is 172 Å². The summed E-state index contributed by atoms with van der Waals surface area (Å²) in [6.07, 6.45) is 5.24. The Hall–Kier alpha value is -2.12. The molecule has 0 N–H and O–H groups in total. The second-order valence-electron chi connectivity index (χ2n) is 8.03. The van der Waals surface area contributed by atoms with Crippen LogP contribution in [0, 0.1) is 13.8 Å². The van der Waals surface area contributed by atoms with Gasteiger partial charge in [0.1, 0.15) is 5.75 Å². The van der Waals surface area contributed by atoms with Crippen molar-refractivity contribution in [3.63, 3.8) is 0 Å². The first-order valence-electron chi connectivity index (χ1n) is 10.3. The van der Waals surface area contributed by atoms with Crippen molar-refractivity contribution < 1.29 is 17.9 Å². The number of hydrogen-bond acceptors (Lipinski definition) is 4. The summed E-state index contributed by atoms with van der Waals surface area (Å²) in [5.41, 5.74) is 2.82. The van der Waals surface area contributed by atoms with E-state index >= 15 is 0 Å². The lowest BCUT2D eigenvalue weighted by atomic mass is 10.1. The van der Waals surface area contributed by atoms with Gasteiger partial charge in [-0.25, -0.2) is 8.42 Å². The first kappa shape index (κ1) is 20.2. The van der Waals surface area contributed by atoms with Gasteiger partial charge in [-0.05, 0) is 69.9 Å². The van der Waals surface area contributed by atoms with E-state index in [1.807, 2.05) is 19.9 Å². The van der Waals surface area contributed by atoms with E-state index in [-0.39, 0.29) is 17.3 Å². The van der Waals surface area contributed by atoms with Crippen molar-refractivity contribution in [2.75, 3.05) is 19.7 Å². The van der Waals surface area contributed by atoms with Crippen LogP contribution < -0.4 is 4.74 Å². The Morgan fingerprint density at radius 3 is 2.34 bits per heavy atom. The fourth-order valence-electron chi connectivity index (χ4n) is 4.14. The monoisotopic (exact) mass is 416 g/mol. The van der Waals surface area contributed by atoms with Crippen molar-refractivity contribution in [2.45, 2.75) is 56.9 Å². The number of aryl methyl sites for hydroxylation is 1. The number of rotatable bonds is 7. The fraction of sp³-hybridized carbons (Fsp3) is 0.500. The van der Waals surface area contributed by atoms with Gasteiger partial charge in [0.2, 0.25) is 15.8 Å². The van der Waals surface area contributed by atoms with Crippen LogP contribution in [0.4, 0.5) is 0 Å². The Morgan fingerprint density at radius 2 is 1.72 bits per heavy atom. The Bertz CT molecular complexity index is 998. The van der Waals surface area contributed by atoms with Crippen molar-refractivity contribution in [2.24, 2.45) is 0 Å². The first-order chi connectivity index (χ1) is 13.9. The van der Waals surface area contributed by atoms with E-state index in [1.165, 1.54) is 12.8 Å². The molecule has 2 aliphatic rings. The SMILES string of the molecule is Cc1cc(C(=O)COc2ccc(S(=O)(=O)N3CCCCC3)cc2)c(C)n1C1CC1. The van der Waals surface area contributed by atoms with Crippen LogP contribution in [0.2, 0.25) is 0 Å². The van der Waals surface area contributed by atoms with Crippen LogP contribution in [0.5, 0.6) is 5.75 Å². The Balaban J connectivity index is 1.40. The van der Waals surface area contributed by atoms with Crippen LogP contribution in [-0.2, 0) is 10.0 Å². The molecule has 6 nitrogen and oxygen atoms in total. The molecule has 1 aromatic carbocycles. The minimum atomic E-state index is -3.45. The van der Waals surface area contributed by atoms with Crippen molar-refractivity contribution in [1.82, 2.24) is 8.87 Å². The predicted octanol–water partition coefficient (Wildman–Crippen LogP) is 3.88. The van der Waals surface area contributed by atoms with Crippen LogP contribution in [-0.4, -0.2) is 42.8 Å². The van der Waals surface area contributed by atoms with Gasteiger partial charge < -0.3 is 9.30 Å². The number of carbonyl (C=O) groups excluding carboxylic acids is 1. The molecule has 156 valence electrons. The molecule has 1 saturated heterocycles. The maximum atomic E-state index is 12.7. The number of ether oxygens (including phenoxy) is 1. The summed E-state index contributed by atoms with van der Waals surface area (Å²) >= 11 is 0. The lowest BCUT2D eigenvalue weighted by Gasteiger charge is -2.25. The molecule has 4 rings (SSSR count). The quantitative estimate of drug-likeness (QED) is 0.643. The minimum absolute atomic E-state index is 0.0602. The van der Waals surface area contributed by atoms with E-state index in [9.17, 15) is 13.2 Å². The topological polar surface area (TPSA) is 68.6 Å². The van der Waals surface area contributed by atoms with Gasteiger partial charge in [0.15, 0.2) is 6.61 Å². The average Bonchev–Trinajstić information content (AvgIpc) is 3.51.